The van der Waals surface area contributed by atoms with Gasteiger partial charge in [0.2, 0.25) is 0 Å². The van der Waals surface area contributed by atoms with Crippen molar-refractivity contribution in [3.63, 3.8) is 0 Å². The lowest BCUT2D eigenvalue weighted by Crippen LogP contribution is -2.63. The van der Waals surface area contributed by atoms with Crippen LogP contribution in [0.5, 0.6) is 0 Å². The molecule has 4 aliphatic rings. The molecule has 3 aliphatic heterocycles. The number of rotatable bonds is 20. The van der Waals surface area contributed by atoms with Crippen molar-refractivity contribution in [3.8, 4) is 0 Å². The highest BCUT2D eigenvalue weighted by atomic mass is 28.4. The zero-order valence-corrected chi connectivity index (χ0v) is 44.6. The fourth-order valence-corrected chi connectivity index (χ4v) is 10.6. The topological polar surface area (TPSA) is 171 Å². The molecule has 2 aromatic rings. The second kappa shape index (κ2) is 25.5. The molecule has 1 aliphatic carbocycles. The molecule has 0 unspecified atom stereocenters. The first-order valence-electron chi connectivity index (χ1n) is 25.7. The van der Waals surface area contributed by atoms with E-state index in [1.54, 1.807) is 6.08 Å². The van der Waals surface area contributed by atoms with Crippen molar-refractivity contribution in [1.82, 2.24) is 10.6 Å². The molecule has 2 aromatic carbocycles. The first-order chi connectivity index (χ1) is 33.3. The van der Waals surface area contributed by atoms with Gasteiger partial charge in [-0.25, -0.2) is 9.59 Å². The van der Waals surface area contributed by atoms with Crippen LogP contribution in [-0.4, -0.2) is 119 Å². The number of hydrogen-bond acceptors (Lipinski definition) is 13. The Balaban J connectivity index is 1.21. The van der Waals surface area contributed by atoms with E-state index in [2.05, 4.69) is 78.8 Å². The van der Waals surface area contributed by atoms with E-state index < -0.39 is 82.0 Å². The number of benzene rings is 2. The van der Waals surface area contributed by atoms with Crippen LogP contribution in [-0.2, 0) is 60.3 Å². The summed E-state index contributed by atoms with van der Waals surface area (Å²) in [5, 5.41) is 18.2. The Kier molecular flexibility index (Phi) is 20.3. The highest BCUT2D eigenvalue weighted by Gasteiger charge is 2.54. The summed E-state index contributed by atoms with van der Waals surface area (Å²) in [4.78, 5) is 26.4. The first kappa shape index (κ1) is 55.9. The maximum atomic E-state index is 13.6. The number of amides is 2. The summed E-state index contributed by atoms with van der Waals surface area (Å²) >= 11 is 0. The third-order valence-corrected chi connectivity index (χ3v) is 20.0. The molecule has 2 amide bonds. The average Bonchev–Trinajstić information content (AvgIpc) is 3.66. The zero-order valence-electron chi connectivity index (χ0n) is 43.6. The van der Waals surface area contributed by atoms with E-state index in [0.717, 1.165) is 24.0 Å². The van der Waals surface area contributed by atoms with E-state index in [0.29, 0.717) is 19.4 Å². The van der Waals surface area contributed by atoms with Crippen LogP contribution < -0.4 is 10.6 Å². The van der Waals surface area contributed by atoms with Crippen molar-refractivity contribution in [2.75, 3.05) is 19.8 Å². The number of aliphatic hydroxyl groups is 1. The molecule has 15 nitrogen and oxygen atoms in total. The van der Waals surface area contributed by atoms with E-state index in [-0.39, 0.29) is 73.2 Å². The maximum Gasteiger partial charge on any atom is 0.407 e. The Hall–Kier alpha value is -3.42. The van der Waals surface area contributed by atoms with Crippen LogP contribution in [0.2, 0.25) is 18.1 Å². The first-order valence-corrected chi connectivity index (χ1v) is 28.6. The maximum absolute atomic E-state index is 13.6. The second-order valence-corrected chi connectivity index (χ2v) is 26.5. The highest BCUT2D eigenvalue weighted by molar-refractivity contribution is 6.74. The number of alkyl carbamates (subject to hydrolysis) is 2. The third-order valence-electron chi connectivity index (χ3n) is 15.5. The van der Waals surface area contributed by atoms with Gasteiger partial charge in [0.15, 0.2) is 27.2 Å². The van der Waals surface area contributed by atoms with Crippen LogP contribution >= 0.6 is 0 Å². The summed E-state index contributed by atoms with van der Waals surface area (Å²) in [5.74, 6) is -0.119. The summed E-state index contributed by atoms with van der Waals surface area (Å²) in [6.07, 6.45) is -4.76. The Morgan fingerprint density at radius 1 is 0.743 bits per heavy atom. The molecular formula is C54H84N2O13Si. The van der Waals surface area contributed by atoms with Gasteiger partial charge in [-0.3, -0.25) is 0 Å². The molecule has 392 valence electrons. The molecule has 0 bridgehead atoms. The third kappa shape index (κ3) is 14.6. The number of nitrogens with one attached hydrogen (secondary N) is 2. The summed E-state index contributed by atoms with van der Waals surface area (Å²) in [6, 6.07) is 18.4. The van der Waals surface area contributed by atoms with E-state index in [1.807, 2.05) is 74.5 Å². The van der Waals surface area contributed by atoms with Gasteiger partial charge in [0.05, 0.1) is 43.7 Å². The van der Waals surface area contributed by atoms with Gasteiger partial charge in [0.25, 0.3) is 0 Å². The second-order valence-electron chi connectivity index (χ2n) is 21.7. The number of aliphatic hydroxyl groups excluding tert-OH is 1. The Morgan fingerprint density at radius 3 is 1.96 bits per heavy atom. The number of ether oxygens (including phenoxy) is 9. The minimum Gasteiger partial charge on any atom is -0.445 e. The Morgan fingerprint density at radius 2 is 1.34 bits per heavy atom. The largest absolute Gasteiger partial charge is 0.445 e. The van der Waals surface area contributed by atoms with E-state index in [9.17, 15) is 14.7 Å². The van der Waals surface area contributed by atoms with Crippen LogP contribution in [0.15, 0.2) is 73.3 Å². The molecule has 1 saturated carbocycles. The van der Waals surface area contributed by atoms with Crippen LogP contribution in [0, 0.1) is 29.6 Å². The highest BCUT2D eigenvalue weighted by Crippen LogP contribution is 2.42. The summed E-state index contributed by atoms with van der Waals surface area (Å²) in [7, 11) is -2.07. The molecule has 16 heteroatoms. The van der Waals surface area contributed by atoms with Gasteiger partial charge in [-0.1, -0.05) is 129 Å². The van der Waals surface area contributed by atoms with Crippen molar-refractivity contribution in [1.29, 1.82) is 0 Å². The van der Waals surface area contributed by atoms with Gasteiger partial charge in [0, 0.05) is 18.4 Å². The number of hydrogen-bond donors (Lipinski definition) is 3. The van der Waals surface area contributed by atoms with Crippen LogP contribution in [0.4, 0.5) is 9.59 Å². The molecule has 0 radical (unpaired) electrons. The smallest absolute Gasteiger partial charge is 0.407 e. The fraction of sp³-hybridized carbons (Fsp3) is 0.704. The fourth-order valence-electron chi connectivity index (χ4n) is 9.54. The van der Waals surface area contributed by atoms with Crippen molar-refractivity contribution in [3.05, 3.63) is 84.4 Å². The van der Waals surface area contributed by atoms with Gasteiger partial charge >= 0.3 is 12.2 Å². The van der Waals surface area contributed by atoms with Gasteiger partial charge in [-0.2, -0.15) is 0 Å². The van der Waals surface area contributed by atoms with E-state index >= 15 is 0 Å². The minimum absolute atomic E-state index is 0.0119. The lowest BCUT2D eigenvalue weighted by molar-refractivity contribution is -0.302. The van der Waals surface area contributed by atoms with E-state index in [4.69, 9.17) is 47.1 Å². The number of carbonyl (C=O) groups excluding carboxylic acids is 2. The van der Waals surface area contributed by atoms with Crippen molar-refractivity contribution in [2.45, 2.75) is 193 Å². The van der Waals surface area contributed by atoms with Gasteiger partial charge in [-0.15, -0.1) is 6.58 Å². The normalized spacial score (nSPS) is 34.9. The molecule has 3 N–H and O–H groups in total. The number of carbonyl (C=O) groups is 2. The molecular weight excluding hydrogens is 913 g/mol. The molecule has 3 heterocycles. The SMILES string of the molecule is C=CCO[C@H]1[C@H](O[C@@H]2[C@@H](O)[C@H](C)C[C@H](NC(=O)OCc3ccccc3)[C@H]2O[C@H]2O[C@H](CO[Si](C)(C)C(C)(C)C)CC[C@H]2C)O[C@H](CC)[C@H]1O[C@H]1O[C@@H](CNC(=O)OCc2ccccc2)[C@@H](C)[C@H](C)[C@H]1C. The summed E-state index contributed by atoms with van der Waals surface area (Å²) < 4.78 is 65.4. The Labute approximate surface area is 418 Å². The predicted molar refractivity (Wildman–Crippen MR) is 268 cm³/mol. The van der Waals surface area contributed by atoms with Gasteiger partial charge in [-0.05, 0) is 72.7 Å². The average molecular weight is 997 g/mol. The van der Waals surface area contributed by atoms with Crippen molar-refractivity contribution in [2.24, 2.45) is 29.6 Å². The molecule has 4 fully saturated rings. The molecule has 70 heavy (non-hydrogen) atoms. The van der Waals surface area contributed by atoms with Crippen LogP contribution in [0.3, 0.4) is 0 Å². The summed E-state index contributed by atoms with van der Waals surface area (Å²) in [6.45, 7) is 28.5. The molecule has 6 rings (SSSR count). The quantitative estimate of drug-likeness (QED) is 0.0848. The van der Waals surface area contributed by atoms with Crippen LogP contribution in [0.25, 0.3) is 0 Å². The monoisotopic (exact) mass is 997 g/mol. The molecule has 0 aromatic heterocycles. The van der Waals surface area contributed by atoms with E-state index in [1.165, 1.54) is 0 Å². The predicted octanol–water partition coefficient (Wildman–Crippen LogP) is 9.27. The Bertz CT molecular complexity index is 1920. The molecule has 0 spiro atoms. The zero-order chi connectivity index (χ0) is 50.8. The van der Waals surface area contributed by atoms with Gasteiger partial charge in [0.1, 0.15) is 37.6 Å². The van der Waals surface area contributed by atoms with Crippen molar-refractivity contribution >= 4 is 20.5 Å². The lowest BCUT2D eigenvalue weighted by atomic mass is 9.79. The van der Waals surface area contributed by atoms with Gasteiger partial charge < -0.3 is 62.8 Å². The lowest BCUT2D eigenvalue weighted by Gasteiger charge is -2.47. The molecule has 17 atom stereocenters. The molecule has 3 saturated heterocycles. The van der Waals surface area contributed by atoms with Crippen LogP contribution in [0.1, 0.15) is 99.1 Å². The summed E-state index contributed by atoms with van der Waals surface area (Å²) in [5.41, 5.74) is 1.75. The van der Waals surface area contributed by atoms with Crippen molar-refractivity contribution < 1.29 is 61.8 Å². The standard InChI is InChI=1S/C54H84N2O13Si/c1-13-27-60-48-46(68-50-37(7)35(5)36(6)43(66-50)29-55-52(58)61-30-38-21-17-15-18-22-38)42(14-2)65-51(48)69-47-44(57)34(4)28-41(56-53(59)62-31-39-23-19-16-20-24-39)45(47)67-49-33(3)25-26-40(64-49)32-63-70(11,12)54(8,9)10/h13,15-24,33-37,40-51,57H,1,14,25-32H2,2-12H3,(H,55,58)(H,56,59)/t33-,34-,35+,36+,37-,40+,41+,42-,43+,44+,45-,46-,47-,48-,49-,50-,51+/m1/s1. The minimum atomic E-state index is -2.07.